The molecule has 1 atom stereocenters. The highest BCUT2D eigenvalue weighted by molar-refractivity contribution is 9.10. The zero-order valence-corrected chi connectivity index (χ0v) is 13.7. The van der Waals surface area contributed by atoms with E-state index in [2.05, 4.69) is 20.8 Å². The topological polar surface area (TPSA) is 66.7 Å². The number of carbonyl (C=O) groups excluding carboxylic acids is 1. The highest BCUT2D eigenvalue weighted by Gasteiger charge is 2.30. The number of hydrogen-bond acceptors (Lipinski definition) is 4. The van der Waals surface area contributed by atoms with Crippen LogP contribution in [-0.4, -0.2) is 53.9 Å². The van der Waals surface area contributed by atoms with Gasteiger partial charge in [-0.15, -0.1) is 0 Å². The molecule has 0 spiro atoms. The van der Waals surface area contributed by atoms with Crippen molar-refractivity contribution in [3.8, 4) is 0 Å². The third-order valence-electron chi connectivity index (χ3n) is 3.60. The Morgan fingerprint density at radius 3 is 2.86 bits per heavy atom. The lowest BCUT2D eigenvalue weighted by molar-refractivity contribution is -0.385. The van der Waals surface area contributed by atoms with Crippen LogP contribution < -0.4 is 0 Å². The summed E-state index contributed by atoms with van der Waals surface area (Å²) in [7, 11) is 3.96. The van der Waals surface area contributed by atoms with Crippen LogP contribution in [0.3, 0.4) is 0 Å². The first-order valence-electron chi connectivity index (χ1n) is 6.80. The van der Waals surface area contributed by atoms with Crippen molar-refractivity contribution in [2.45, 2.75) is 18.9 Å². The highest BCUT2D eigenvalue weighted by Crippen LogP contribution is 2.28. The minimum atomic E-state index is -0.484. The fraction of sp³-hybridized carbons (Fsp3) is 0.500. The summed E-state index contributed by atoms with van der Waals surface area (Å²) >= 11 is 3.14. The van der Waals surface area contributed by atoms with E-state index < -0.39 is 4.92 Å². The van der Waals surface area contributed by atoms with E-state index >= 15 is 0 Å². The molecule has 1 unspecified atom stereocenters. The summed E-state index contributed by atoms with van der Waals surface area (Å²) in [6.45, 7) is 1.52. The van der Waals surface area contributed by atoms with E-state index in [4.69, 9.17) is 0 Å². The number of nitrogens with zero attached hydrogens (tertiary/aromatic N) is 3. The van der Waals surface area contributed by atoms with Crippen molar-refractivity contribution in [3.63, 3.8) is 0 Å². The lowest BCUT2D eigenvalue weighted by Gasteiger charge is -2.27. The Balaban J connectivity index is 2.23. The maximum Gasteiger partial charge on any atom is 0.284 e. The van der Waals surface area contributed by atoms with E-state index in [1.165, 1.54) is 6.07 Å². The molecule has 6 nitrogen and oxygen atoms in total. The van der Waals surface area contributed by atoms with E-state index in [-0.39, 0.29) is 17.6 Å². The lowest BCUT2D eigenvalue weighted by Crippen LogP contribution is -2.41. The van der Waals surface area contributed by atoms with Crippen molar-refractivity contribution < 1.29 is 9.72 Å². The van der Waals surface area contributed by atoms with Gasteiger partial charge < -0.3 is 9.80 Å². The van der Waals surface area contributed by atoms with Gasteiger partial charge >= 0.3 is 0 Å². The Morgan fingerprint density at radius 1 is 1.52 bits per heavy atom. The molecular formula is C14H18BrN3O3. The zero-order chi connectivity index (χ0) is 15.6. The number of likely N-dealkylation sites (N-methyl/N-ethyl adjacent to an activating group) is 1. The van der Waals surface area contributed by atoms with E-state index in [1.807, 2.05) is 19.0 Å². The average molecular weight is 356 g/mol. The molecule has 1 aromatic carbocycles. The molecule has 1 amide bonds. The standard InChI is InChI=1S/C14H18BrN3O3/c1-16(2)9-11-4-3-7-17(11)14(19)10-5-6-12(15)13(8-10)18(20)21/h5-6,8,11H,3-4,7,9H2,1-2H3. The maximum atomic E-state index is 12.6. The first-order valence-corrected chi connectivity index (χ1v) is 7.59. The number of carbonyl (C=O) groups is 1. The molecule has 7 heteroatoms. The molecule has 21 heavy (non-hydrogen) atoms. The molecule has 114 valence electrons. The van der Waals surface area contributed by atoms with Crippen LogP contribution in [0.25, 0.3) is 0 Å². The van der Waals surface area contributed by atoms with E-state index in [1.54, 1.807) is 12.1 Å². The van der Waals surface area contributed by atoms with Gasteiger partial charge in [-0.1, -0.05) is 0 Å². The molecule has 1 saturated heterocycles. The molecule has 0 N–H and O–H groups in total. The number of nitro benzene ring substituents is 1. The normalized spacial score (nSPS) is 18.3. The van der Waals surface area contributed by atoms with Gasteiger partial charge in [0.1, 0.15) is 0 Å². The minimum absolute atomic E-state index is 0.0794. The van der Waals surface area contributed by atoms with Crippen LogP contribution in [0.5, 0.6) is 0 Å². The SMILES string of the molecule is CN(C)CC1CCCN1C(=O)c1ccc(Br)c([N+](=O)[O-])c1. The average Bonchev–Trinajstić information content (AvgIpc) is 2.85. The Morgan fingerprint density at radius 2 is 2.24 bits per heavy atom. The molecule has 0 bridgehead atoms. The monoisotopic (exact) mass is 355 g/mol. The van der Waals surface area contributed by atoms with Gasteiger partial charge in [-0.2, -0.15) is 0 Å². The summed E-state index contributed by atoms with van der Waals surface area (Å²) in [4.78, 5) is 27.0. The Labute approximate surface area is 132 Å². The van der Waals surface area contributed by atoms with Gasteiger partial charge in [-0.05, 0) is 55.0 Å². The second-order valence-electron chi connectivity index (χ2n) is 5.48. The van der Waals surface area contributed by atoms with Crippen molar-refractivity contribution in [1.82, 2.24) is 9.80 Å². The molecule has 0 radical (unpaired) electrons. The smallest absolute Gasteiger partial charge is 0.284 e. The van der Waals surface area contributed by atoms with E-state index in [0.717, 1.165) is 19.4 Å². The molecule has 0 aromatic heterocycles. The van der Waals surface area contributed by atoms with Gasteiger partial charge in [-0.3, -0.25) is 14.9 Å². The Hall–Kier alpha value is -1.47. The molecule has 2 rings (SSSR count). The molecule has 0 aliphatic carbocycles. The predicted octanol–water partition coefficient (Wildman–Crippen LogP) is 2.52. The van der Waals surface area contributed by atoms with Crippen LogP contribution in [0.1, 0.15) is 23.2 Å². The van der Waals surface area contributed by atoms with Gasteiger partial charge in [0.15, 0.2) is 0 Å². The van der Waals surface area contributed by atoms with Crippen LogP contribution in [0.4, 0.5) is 5.69 Å². The van der Waals surface area contributed by atoms with Crippen molar-refractivity contribution in [3.05, 3.63) is 38.3 Å². The fourth-order valence-corrected chi connectivity index (χ4v) is 3.06. The zero-order valence-electron chi connectivity index (χ0n) is 12.1. The summed E-state index contributed by atoms with van der Waals surface area (Å²) in [5, 5.41) is 11.0. The van der Waals surface area contributed by atoms with Crippen molar-refractivity contribution in [2.75, 3.05) is 27.2 Å². The third-order valence-corrected chi connectivity index (χ3v) is 4.27. The molecule has 1 heterocycles. The number of nitro groups is 1. The predicted molar refractivity (Wildman–Crippen MR) is 83.4 cm³/mol. The Bertz CT molecular complexity index is 562. The second-order valence-corrected chi connectivity index (χ2v) is 6.33. The van der Waals surface area contributed by atoms with Crippen LogP contribution >= 0.6 is 15.9 Å². The molecule has 1 aromatic rings. The number of hydrogen-bond donors (Lipinski definition) is 0. The van der Waals surface area contributed by atoms with Crippen molar-refractivity contribution in [2.24, 2.45) is 0 Å². The van der Waals surface area contributed by atoms with Gasteiger partial charge in [-0.25, -0.2) is 0 Å². The van der Waals surface area contributed by atoms with Crippen molar-refractivity contribution in [1.29, 1.82) is 0 Å². The van der Waals surface area contributed by atoms with Crippen LogP contribution in [0, 0.1) is 10.1 Å². The van der Waals surface area contributed by atoms with Gasteiger partial charge in [0.25, 0.3) is 11.6 Å². The Kier molecular flexibility index (Phi) is 4.95. The summed E-state index contributed by atoms with van der Waals surface area (Å²) in [5.74, 6) is -0.130. The van der Waals surface area contributed by atoms with Crippen molar-refractivity contribution >= 4 is 27.5 Å². The molecular weight excluding hydrogens is 338 g/mol. The molecule has 1 fully saturated rings. The first-order chi connectivity index (χ1) is 9.90. The summed E-state index contributed by atoms with van der Waals surface area (Å²) < 4.78 is 0.385. The summed E-state index contributed by atoms with van der Waals surface area (Å²) in [5.41, 5.74) is 0.291. The third kappa shape index (κ3) is 3.59. The maximum absolute atomic E-state index is 12.6. The van der Waals surface area contributed by atoms with E-state index in [0.29, 0.717) is 16.6 Å². The largest absolute Gasteiger partial charge is 0.334 e. The number of halogens is 1. The van der Waals surface area contributed by atoms with E-state index in [9.17, 15) is 14.9 Å². The molecule has 1 aliphatic heterocycles. The van der Waals surface area contributed by atoms with Gasteiger partial charge in [0.05, 0.1) is 9.40 Å². The van der Waals surface area contributed by atoms with Crippen LogP contribution in [-0.2, 0) is 0 Å². The number of amides is 1. The highest BCUT2D eigenvalue weighted by atomic mass is 79.9. The van der Waals surface area contributed by atoms with Crippen LogP contribution in [0.15, 0.2) is 22.7 Å². The summed E-state index contributed by atoms with van der Waals surface area (Å²) in [6.07, 6.45) is 1.95. The summed E-state index contributed by atoms with van der Waals surface area (Å²) in [6, 6.07) is 4.71. The number of benzene rings is 1. The van der Waals surface area contributed by atoms with Gasteiger partial charge in [0.2, 0.25) is 0 Å². The number of rotatable bonds is 4. The minimum Gasteiger partial charge on any atom is -0.334 e. The quantitative estimate of drug-likeness (QED) is 0.614. The van der Waals surface area contributed by atoms with Crippen LogP contribution in [0.2, 0.25) is 0 Å². The molecule has 0 saturated carbocycles. The fourth-order valence-electron chi connectivity index (χ4n) is 2.67. The second kappa shape index (κ2) is 6.53. The lowest BCUT2D eigenvalue weighted by atomic mass is 10.1. The first kappa shape index (κ1) is 15.9. The van der Waals surface area contributed by atoms with Gasteiger partial charge in [0, 0.05) is 30.8 Å². The molecule has 1 aliphatic rings. The number of likely N-dealkylation sites (tertiary alicyclic amines) is 1.